The van der Waals surface area contributed by atoms with Crippen molar-refractivity contribution >= 4 is 16.9 Å². The number of hydrogen-bond donors (Lipinski definition) is 3. The molecule has 0 spiro atoms. The highest BCUT2D eigenvalue weighted by Crippen LogP contribution is 2.20. The second-order valence-electron chi connectivity index (χ2n) is 6.18. The summed E-state index contributed by atoms with van der Waals surface area (Å²) in [6.45, 7) is 5.71. The lowest BCUT2D eigenvalue weighted by Crippen LogP contribution is -2.31. The van der Waals surface area contributed by atoms with Crippen LogP contribution in [0.25, 0.3) is 11.0 Å². The zero-order valence-corrected chi connectivity index (χ0v) is 12.9. The van der Waals surface area contributed by atoms with Crippen molar-refractivity contribution in [2.24, 2.45) is 0 Å². The van der Waals surface area contributed by atoms with Crippen LogP contribution in [0.5, 0.6) is 0 Å². The van der Waals surface area contributed by atoms with E-state index in [-0.39, 0.29) is 12.2 Å². The molecule has 0 unspecified atom stereocenters. The minimum Gasteiger partial charge on any atom is -0.389 e. The summed E-state index contributed by atoms with van der Waals surface area (Å²) in [7, 11) is 0. The second-order valence-corrected chi connectivity index (χ2v) is 6.18. The number of nitrogens with two attached hydrogens (primary N) is 1. The molecule has 2 rings (SSSR count). The number of aryl methyl sites for hydroxylation is 1. The molecule has 0 radical (unpaired) electrons. The Balaban J connectivity index is 2.44. The van der Waals surface area contributed by atoms with Crippen molar-refractivity contribution in [3.8, 4) is 0 Å². The number of pyridine rings is 1. The van der Waals surface area contributed by atoms with Gasteiger partial charge in [-0.05, 0) is 32.8 Å². The van der Waals surface area contributed by atoms with Gasteiger partial charge in [0.15, 0.2) is 0 Å². The zero-order valence-electron chi connectivity index (χ0n) is 12.9. The summed E-state index contributed by atoms with van der Waals surface area (Å²) in [6, 6.07) is 1.89. The van der Waals surface area contributed by atoms with Gasteiger partial charge in [0, 0.05) is 5.69 Å². The van der Waals surface area contributed by atoms with Gasteiger partial charge in [0.25, 0.3) is 0 Å². The number of fused-ring (bicyclic) bond motifs is 1. The summed E-state index contributed by atoms with van der Waals surface area (Å²) >= 11 is 0. The van der Waals surface area contributed by atoms with Crippen LogP contribution in [0.15, 0.2) is 10.9 Å². The summed E-state index contributed by atoms with van der Waals surface area (Å²) in [5, 5.41) is 9.96. The normalized spacial score (nSPS) is 12.2. The van der Waals surface area contributed by atoms with E-state index in [0.717, 1.165) is 31.4 Å². The highest BCUT2D eigenvalue weighted by molar-refractivity contribution is 5.85. The monoisotopic (exact) mass is 292 g/mol. The number of aromatic amines is 1. The molecule has 21 heavy (non-hydrogen) atoms. The number of imidazole rings is 1. The lowest BCUT2D eigenvalue weighted by Gasteiger charge is -2.17. The molecule has 0 aliphatic heterocycles. The lowest BCUT2D eigenvalue weighted by molar-refractivity contribution is 0.0617. The quantitative estimate of drug-likeness (QED) is 0.707. The summed E-state index contributed by atoms with van der Waals surface area (Å²) in [4.78, 5) is 19.1. The third-order valence-electron chi connectivity index (χ3n) is 3.43. The van der Waals surface area contributed by atoms with Gasteiger partial charge in [0.1, 0.15) is 11.3 Å². The van der Waals surface area contributed by atoms with E-state index in [1.54, 1.807) is 13.8 Å². The topological polar surface area (TPSA) is 96.9 Å². The third-order valence-corrected chi connectivity index (χ3v) is 3.43. The summed E-state index contributed by atoms with van der Waals surface area (Å²) < 4.78 is 1.52. The molecule has 0 atom stereocenters. The molecule has 0 bridgehead atoms. The fourth-order valence-electron chi connectivity index (χ4n) is 2.46. The smallest absolute Gasteiger partial charge is 0.326 e. The molecule has 0 fully saturated rings. The molecule has 0 aliphatic carbocycles. The number of aliphatic hydroxyl groups is 1. The van der Waals surface area contributed by atoms with Gasteiger partial charge in [-0.3, -0.25) is 4.57 Å². The van der Waals surface area contributed by atoms with Crippen LogP contribution >= 0.6 is 0 Å². The number of nitrogens with one attached hydrogen (secondary N) is 1. The number of hydrogen-bond acceptors (Lipinski definition) is 4. The van der Waals surface area contributed by atoms with E-state index in [0.29, 0.717) is 16.9 Å². The summed E-state index contributed by atoms with van der Waals surface area (Å²) in [6.07, 6.45) is 4.18. The maximum atomic E-state index is 12.1. The predicted octanol–water partition coefficient (Wildman–Crippen LogP) is 1.81. The second kappa shape index (κ2) is 5.89. The Labute approximate surface area is 124 Å². The first-order valence-corrected chi connectivity index (χ1v) is 7.42. The van der Waals surface area contributed by atoms with Gasteiger partial charge in [0.05, 0.1) is 17.7 Å². The number of nitrogens with zero attached hydrogens (tertiary/aromatic N) is 2. The van der Waals surface area contributed by atoms with E-state index in [9.17, 15) is 9.90 Å². The van der Waals surface area contributed by atoms with Gasteiger partial charge in [-0.2, -0.15) is 0 Å². The van der Waals surface area contributed by atoms with Gasteiger partial charge >= 0.3 is 5.69 Å². The first-order valence-electron chi connectivity index (χ1n) is 7.42. The Kier molecular flexibility index (Phi) is 4.37. The fourth-order valence-corrected chi connectivity index (χ4v) is 2.46. The van der Waals surface area contributed by atoms with Crippen molar-refractivity contribution in [3.05, 3.63) is 22.2 Å². The molecule has 2 aromatic rings. The maximum Gasteiger partial charge on any atom is 0.326 e. The third kappa shape index (κ3) is 3.64. The Morgan fingerprint density at radius 1 is 1.43 bits per heavy atom. The molecule has 2 heterocycles. The van der Waals surface area contributed by atoms with E-state index in [4.69, 9.17) is 5.73 Å². The van der Waals surface area contributed by atoms with Crippen LogP contribution < -0.4 is 11.4 Å². The Morgan fingerprint density at radius 3 is 2.76 bits per heavy atom. The molecule has 0 aromatic carbocycles. The van der Waals surface area contributed by atoms with Crippen LogP contribution in [0.4, 0.5) is 5.82 Å². The van der Waals surface area contributed by atoms with E-state index in [1.165, 1.54) is 4.57 Å². The van der Waals surface area contributed by atoms with Crippen molar-refractivity contribution in [3.63, 3.8) is 0 Å². The standard InChI is InChI=1S/C15H24N4O2/c1-4-5-6-7-10-8-11-12(13(16)17-10)18-14(20)19(11)9-15(2,3)21/h8,21H,4-7,9H2,1-3H3,(H2,16,17)(H,18,20). The van der Waals surface area contributed by atoms with Crippen molar-refractivity contribution < 1.29 is 5.11 Å². The van der Waals surface area contributed by atoms with E-state index in [1.807, 2.05) is 6.07 Å². The molecular formula is C15H24N4O2. The Morgan fingerprint density at radius 2 is 2.14 bits per heavy atom. The zero-order chi connectivity index (χ0) is 15.6. The van der Waals surface area contributed by atoms with Crippen molar-refractivity contribution in [1.29, 1.82) is 0 Å². The highest BCUT2D eigenvalue weighted by Gasteiger charge is 2.19. The lowest BCUT2D eigenvalue weighted by atomic mass is 10.1. The van der Waals surface area contributed by atoms with E-state index in [2.05, 4.69) is 16.9 Å². The molecule has 0 aliphatic rings. The molecule has 6 heteroatoms. The van der Waals surface area contributed by atoms with Gasteiger partial charge < -0.3 is 15.8 Å². The van der Waals surface area contributed by atoms with Crippen LogP contribution in [0.2, 0.25) is 0 Å². The van der Waals surface area contributed by atoms with E-state index >= 15 is 0 Å². The molecular weight excluding hydrogens is 268 g/mol. The van der Waals surface area contributed by atoms with Crippen LogP contribution in [-0.4, -0.2) is 25.2 Å². The first-order chi connectivity index (χ1) is 9.81. The molecule has 6 nitrogen and oxygen atoms in total. The number of unbranched alkanes of at least 4 members (excludes halogenated alkanes) is 2. The van der Waals surface area contributed by atoms with Gasteiger partial charge in [-0.15, -0.1) is 0 Å². The van der Waals surface area contributed by atoms with Crippen molar-refractivity contribution in [1.82, 2.24) is 14.5 Å². The van der Waals surface area contributed by atoms with Crippen LogP contribution in [-0.2, 0) is 13.0 Å². The first kappa shape index (κ1) is 15.6. The minimum atomic E-state index is -0.973. The largest absolute Gasteiger partial charge is 0.389 e. The van der Waals surface area contributed by atoms with Gasteiger partial charge in [-0.25, -0.2) is 9.78 Å². The van der Waals surface area contributed by atoms with Crippen molar-refractivity contribution in [2.45, 2.75) is 58.6 Å². The van der Waals surface area contributed by atoms with Crippen LogP contribution in [0.3, 0.4) is 0 Å². The number of H-pyrrole nitrogens is 1. The summed E-state index contributed by atoms with van der Waals surface area (Å²) in [5.74, 6) is 0.339. The SMILES string of the molecule is CCCCCc1cc2c([nH]c(=O)n2CC(C)(C)O)c(N)n1. The highest BCUT2D eigenvalue weighted by atomic mass is 16.3. The van der Waals surface area contributed by atoms with Crippen LogP contribution in [0, 0.1) is 0 Å². The summed E-state index contributed by atoms with van der Waals surface area (Å²) in [5.41, 5.74) is 6.85. The Hall–Kier alpha value is -1.82. The number of nitrogen functional groups attached to an aromatic ring is 1. The van der Waals surface area contributed by atoms with Crippen molar-refractivity contribution in [2.75, 3.05) is 5.73 Å². The number of anilines is 1. The van der Waals surface area contributed by atoms with Crippen LogP contribution in [0.1, 0.15) is 45.7 Å². The predicted molar refractivity (Wildman–Crippen MR) is 84.3 cm³/mol. The molecule has 0 saturated heterocycles. The molecule has 0 amide bonds. The average Bonchev–Trinajstić information content (AvgIpc) is 2.66. The molecule has 4 N–H and O–H groups in total. The van der Waals surface area contributed by atoms with E-state index < -0.39 is 5.60 Å². The molecule has 2 aromatic heterocycles. The minimum absolute atomic E-state index is 0.212. The number of aromatic nitrogens is 3. The van der Waals surface area contributed by atoms with Gasteiger partial charge in [-0.1, -0.05) is 19.8 Å². The Bertz CT molecular complexity index is 679. The number of rotatable bonds is 6. The molecule has 0 saturated carbocycles. The fraction of sp³-hybridized carbons (Fsp3) is 0.600. The van der Waals surface area contributed by atoms with Gasteiger partial charge in [0.2, 0.25) is 0 Å². The maximum absolute atomic E-state index is 12.1. The average molecular weight is 292 g/mol. The molecule has 116 valence electrons.